The number of likely N-dealkylation sites (tertiary alicyclic amines) is 1. The van der Waals surface area contributed by atoms with Crippen LogP contribution in [0.2, 0.25) is 0 Å². The third-order valence-electron chi connectivity index (χ3n) is 13.6. The summed E-state index contributed by atoms with van der Waals surface area (Å²) in [7, 11) is 0. The summed E-state index contributed by atoms with van der Waals surface area (Å²) in [5.41, 5.74) is 0. The molecule has 2 heterocycles. The number of hydrogen-bond acceptors (Lipinski definition) is 5. The quantitative estimate of drug-likeness (QED) is 0.0467. The van der Waals surface area contributed by atoms with Crippen molar-refractivity contribution >= 4 is 12.9 Å². The fourth-order valence-corrected chi connectivity index (χ4v) is 9.85. The van der Waals surface area contributed by atoms with Crippen molar-refractivity contribution in [2.24, 2.45) is 11.8 Å². The highest BCUT2D eigenvalue weighted by molar-refractivity contribution is 5.33. The van der Waals surface area contributed by atoms with E-state index in [9.17, 15) is 0 Å². The molecule has 0 amide bonds. The zero-order chi connectivity index (χ0) is 44.0. The summed E-state index contributed by atoms with van der Waals surface area (Å²) >= 11 is 0. The van der Waals surface area contributed by atoms with E-state index in [1.54, 1.807) is 0 Å². The monoisotopic (exact) mass is 852 g/mol. The van der Waals surface area contributed by atoms with E-state index in [1.807, 2.05) is 0 Å². The zero-order valence-corrected chi connectivity index (χ0v) is 40.8. The molecule has 0 saturated carbocycles. The molecule has 0 aliphatic carbocycles. The van der Waals surface area contributed by atoms with Crippen molar-refractivity contribution in [1.82, 2.24) is 4.90 Å². The highest BCUT2D eigenvalue weighted by Gasteiger charge is 2.40. The molecule has 0 radical (unpaired) electrons. The highest BCUT2D eigenvalue weighted by Crippen LogP contribution is 2.36. The van der Waals surface area contributed by atoms with E-state index in [2.05, 4.69) is 32.6 Å². The fourth-order valence-electron chi connectivity index (χ4n) is 9.85. The Kier molecular flexibility index (Phi) is 44.9. The fraction of sp³-hybridized carbons (Fsp3) is 0.962. The van der Waals surface area contributed by atoms with E-state index in [0.717, 1.165) is 37.7 Å². The molecule has 7 heteroatoms. The Labute approximate surface area is 374 Å². The van der Waals surface area contributed by atoms with Gasteiger partial charge in [0.15, 0.2) is 5.79 Å². The Bertz CT molecular complexity index is 796. The maximum absolute atomic E-state index is 8.36. The van der Waals surface area contributed by atoms with Crippen molar-refractivity contribution in [3.63, 3.8) is 0 Å². The van der Waals surface area contributed by atoms with Crippen LogP contribution in [0.3, 0.4) is 0 Å². The second kappa shape index (κ2) is 45.8. The van der Waals surface area contributed by atoms with Crippen LogP contribution in [0.4, 0.5) is 0 Å². The van der Waals surface area contributed by atoms with Gasteiger partial charge in [-0.25, -0.2) is 0 Å². The van der Waals surface area contributed by atoms with Gasteiger partial charge in [0.2, 0.25) is 0 Å². The first kappa shape index (κ1) is 58.8. The van der Waals surface area contributed by atoms with Gasteiger partial charge >= 0.3 is 0 Å². The number of carboxylic acid groups (broad SMARTS) is 2. The number of rotatable bonds is 41. The zero-order valence-electron chi connectivity index (χ0n) is 40.8. The molecule has 2 rings (SSSR count). The van der Waals surface area contributed by atoms with Crippen LogP contribution < -0.4 is 0 Å². The molecule has 2 fully saturated rings. The first-order valence-corrected chi connectivity index (χ1v) is 26.7. The minimum absolute atomic E-state index is 0.250. The van der Waals surface area contributed by atoms with Crippen LogP contribution in [0.25, 0.3) is 0 Å². The molecule has 60 heavy (non-hydrogen) atoms. The Morgan fingerprint density at radius 3 is 1.13 bits per heavy atom. The number of nitrogens with zero attached hydrogens (tertiary/aromatic N) is 1. The van der Waals surface area contributed by atoms with Crippen molar-refractivity contribution in [3.8, 4) is 0 Å². The third kappa shape index (κ3) is 36.3. The van der Waals surface area contributed by atoms with Gasteiger partial charge in [-0.3, -0.25) is 9.59 Å². The molecule has 0 aromatic rings. The molecule has 0 bridgehead atoms. The van der Waals surface area contributed by atoms with Gasteiger partial charge in [0, 0.05) is 19.4 Å². The van der Waals surface area contributed by atoms with Gasteiger partial charge in [0.05, 0.1) is 12.7 Å². The second-order valence-electron chi connectivity index (χ2n) is 19.0. The van der Waals surface area contributed by atoms with Gasteiger partial charge in [-0.2, -0.15) is 0 Å². The smallest absolute Gasteiger partial charge is 0.290 e. The maximum Gasteiger partial charge on any atom is 0.290 e. The predicted molar refractivity (Wildman–Crippen MR) is 257 cm³/mol. The molecule has 2 aliphatic rings. The summed E-state index contributed by atoms with van der Waals surface area (Å²) in [6, 6.07) is 0. The summed E-state index contributed by atoms with van der Waals surface area (Å²) in [5, 5.41) is 13.8. The average molecular weight is 852 g/mol. The highest BCUT2D eigenvalue weighted by atomic mass is 16.7. The minimum Gasteiger partial charge on any atom is -0.483 e. The average Bonchev–Trinajstić information content (AvgIpc) is 3.92. The topological polar surface area (TPSA) is 96.3 Å². The summed E-state index contributed by atoms with van der Waals surface area (Å²) in [6.45, 7) is 13.5. The van der Waals surface area contributed by atoms with Crippen molar-refractivity contribution < 1.29 is 29.3 Å². The first-order chi connectivity index (χ1) is 29.5. The molecule has 2 saturated heterocycles. The molecule has 7 nitrogen and oxygen atoms in total. The predicted octanol–water partition coefficient (Wildman–Crippen LogP) is 16.3. The van der Waals surface area contributed by atoms with Crippen LogP contribution in [0, 0.1) is 11.8 Å². The lowest BCUT2D eigenvalue weighted by Crippen LogP contribution is -2.32. The standard InChI is InChI=1S/C51H101NO2.2CH2O2/c1-5-9-25-35-48(36-26-10-6-2)39-29-21-17-13-15-19-23-31-42-51(53-47-50(54-51)41-46-52-44-33-34-45-52)43-32-24-20-16-14-18-22-30-40-49(37-27-11-7-3)38-28-12-8-4;2*2-1-3/h48-50H,5-47H2,1-4H3;2*1H,(H,2,3). The Hall–Kier alpha value is -1.18. The van der Waals surface area contributed by atoms with Crippen molar-refractivity contribution in [2.75, 3.05) is 26.2 Å². The molecule has 0 aromatic heterocycles. The van der Waals surface area contributed by atoms with E-state index in [-0.39, 0.29) is 18.7 Å². The van der Waals surface area contributed by atoms with Crippen molar-refractivity contribution in [1.29, 1.82) is 0 Å². The number of hydrogen-bond donors (Lipinski definition) is 2. The molecule has 1 unspecified atom stereocenters. The Morgan fingerprint density at radius 1 is 0.500 bits per heavy atom. The van der Waals surface area contributed by atoms with Crippen LogP contribution in [-0.2, 0) is 19.1 Å². The molecule has 0 spiro atoms. The summed E-state index contributed by atoms with van der Waals surface area (Å²) in [4.78, 5) is 19.4. The van der Waals surface area contributed by atoms with Crippen LogP contribution in [-0.4, -0.2) is 66.2 Å². The molecular weight excluding hydrogens is 747 g/mol. The van der Waals surface area contributed by atoms with Crippen LogP contribution in [0.1, 0.15) is 278 Å². The van der Waals surface area contributed by atoms with Gasteiger partial charge in [-0.05, 0) is 57.0 Å². The molecule has 358 valence electrons. The molecular formula is C53H105NO6. The summed E-state index contributed by atoms with van der Waals surface area (Å²) < 4.78 is 13.5. The lowest BCUT2D eigenvalue weighted by Gasteiger charge is -2.29. The Morgan fingerprint density at radius 2 is 0.800 bits per heavy atom. The summed E-state index contributed by atoms with van der Waals surface area (Å²) in [6.07, 6.45) is 54.9. The summed E-state index contributed by atoms with van der Waals surface area (Å²) in [5.74, 6) is 1.73. The van der Waals surface area contributed by atoms with Crippen LogP contribution >= 0.6 is 0 Å². The minimum atomic E-state index is -0.286. The van der Waals surface area contributed by atoms with E-state index >= 15 is 0 Å². The second-order valence-corrected chi connectivity index (χ2v) is 19.0. The first-order valence-electron chi connectivity index (χ1n) is 26.7. The van der Waals surface area contributed by atoms with E-state index in [0.29, 0.717) is 6.10 Å². The largest absolute Gasteiger partial charge is 0.483 e. The van der Waals surface area contributed by atoms with Crippen molar-refractivity contribution in [3.05, 3.63) is 0 Å². The van der Waals surface area contributed by atoms with Gasteiger partial charge in [0.1, 0.15) is 0 Å². The molecule has 0 aromatic carbocycles. The number of unbranched alkanes of at least 4 members (excludes halogenated alkanes) is 22. The van der Waals surface area contributed by atoms with E-state index in [1.165, 1.54) is 251 Å². The van der Waals surface area contributed by atoms with Gasteiger partial charge in [-0.1, -0.05) is 233 Å². The van der Waals surface area contributed by atoms with Gasteiger partial charge in [0.25, 0.3) is 12.9 Å². The van der Waals surface area contributed by atoms with E-state index in [4.69, 9.17) is 29.3 Å². The van der Waals surface area contributed by atoms with Gasteiger partial charge < -0.3 is 24.6 Å². The van der Waals surface area contributed by atoms with Crippen LogP contribution in [0.5, 0.6) is 0 Å². The molecule has 1 atom stereocenters. The molecule has 2 N–H and O–H groups in total. The van der Waals surface area contributed by atoms with Crippen molar-refractivity contribution in [2.45, 2.75) is 290 Å². The SMILES string of the molecule is CCCCCC(CCCCC)CCCCCCCCCCC1(CCCCCCCCCCC(CCCCC)CCCCC)OCC(CCN2CCCC2)O1.O=CO.O=CO. The lowest BCUT2D eigenvalue weighted by molar-refractivity contribution is -0.180. The molecule has 2 aliphatic heterocycles. The Balaban J connectivity index is 0.00000545. The van der Waals surface area contributed by atoms with E-state index < -0.39 is 0 Å². The third-order valence-corrected chi connectivity index (χ3v) is 13.6. The maximum atomic E-state index is 8.36. The number of ether oxygens (including phenoxy) is 2. The number of carbonyl (C=O) groups is 2. The van der Waals surface area contributed by atoms with Crippen LogP contribution in [0.15, 0.2) is 0 Å². The lowest BCUT2D eigenvalue weighted by atomic mass is 9.90. The normalized spacial score (nSPS) is 16.2. The van der Waals surface area contributed by atoms with Gasteiger partial charge in [-0.15, -0.1) is 0 Å².